The lowest BCUT2D eigenvalue weighted by Crippen LogP contribution is -2.22. The number of urea groups is 1. The standard InChI is InChI=1S/C29H26FN7O2/c1-29(2,3)37-14-25(26(36-37)17-8-10-23-24(12-17)33-15-32-23)35-28(39)34-22-9-7-16(11-21(22)30)18-5-4-6-19-20(18)13-31-27(19)38/h4-12,14-15H,13H2,1-3H3,(H,31,38)(H,32,33)(H2,34,35,39). The molecule has 39 heavy (non-hydrogen) atoms. The molecule has 0 radical (unpaired) electrons. The van der Waals surface area contributed by atoms with Crippen LogP contribution >= 0.6 is 0 Å². The predicted octanol–water partition coefficient (Wildman–Crippen LogP) is 5.87. The first-order valence-corrected chi connectivity index (χ1v) is 12.5. The van der Waals surface area contributed by atoms with E-state index in [4.69, 9.17) is 5.10 Å². The van der Waals surface area contributed by atoms with Gasteiger partial charge in [-0.2, -0.15) is 5.10 Å². The van der Waals surface area contributed by atoms with Crippen molar-refractivity contribution in [2.24, 2.45) is 0 Å². The quantitative estimate of drug-likeness (QED) is 0.236. The molecule has 0 aliphatic carbocycles. The third-order valence-corrected chi connectivity index (χ3v) is 6.72. The highest BCUT2D eigenvalue weighted by Gasteiger charge is 2.23. The average molecular weight is 524 g/mol. The van der Waals surface area contributed by atoms with Crippen LogP contribution in [0, 0.1) is 5.82 Å². The van der Waals surface area contributed by atoms with Gasteiger partial charge < -0.3 is 20.9 Å². The summed E-state index contributed by atoms with van der Waals surface area (Å²) in [5, 5.41) is 13.0. The molecule has 0 fully saturated rings. The van der Waals surface area contributed by atoms with E-state index in [-0.39, 0.29) is 17.1 Å². The van der Waals surface area contributed by atoms with Crippen molar-refractivity contribution < 1.29 is 14.0 Å². The largest absolute Gasteiger partial charge is 0.348 e. The molecule has 0 bridgehead atoms. The number of nitrogens with one attached hydrogen (secondary N) is 4. The van der Waals surface area contributed by atoms with Gasteiger partial charge in [-0.05, 0) is 67.8 Å². The van der Waals surface area contributed by atoms with Gasteiger partial charge in [-0.15, -0.1) is 0 Å². The Morgan fingerprint density at radius 3 is 2.56 bits per heavy atom. The van der Waals surface area contributed by atoms with Crippen molar-refractivity contribution >= 4 is 34.3 Å². The minimum atomic E-state index is -0.604. The van der Waals surface area contributed by atoms with E-state index in [1.54, 1.807) is 35.4 Å². The van der Waals surface area contributed by atoms with Gasteiger partial charge in [0.05, 0.1) is 34.3 Å². The number of aromatic amines is 1. The summed E-state index contributed by atoms with van der Waals surface area (Å²) in [6.07, 6.45) is 3.38. The number of amides is 3. The van der Waals surface area contributed by atoms with Crippen molar-refractivity contribution in [3.63, 3.8) is 0 Å². The Bertz CT molecular complexity index is 1760. The zero-order chi connectivity index (χ0) is 27.3. The average Bonchev–Trinajstić information content (AvgIpc) is 3.63. The SMILES string of the molecule is CC(C)(C)n1cc(NC(=O)Nc2ccc(-c3cccc4c3CNC4=O)cc2F)c(-c2ccc3[nH]cnc3c2)n1. The third-order valence-electron chi connectivity index (χ3n) is 6.72. The van der Waals surface area contributed by atoms with Crippen molar-refractivity contribution in [1.29, 1.82) is 0 Å². The fourth-order valence-electron chi connectivity index (χ4n) is 4.69. The molecule has 0 saturated carbocycles. The van der Waals surface area contributed by atoms with Gasteiger partial charge in [-0.25, -0.2) is 14.2 Å². The highest BCUT2D eigenvalue weighted by atomic mass is 19.1. The van der Waals surface area contributed by atoms with Gasteiger partial charge in [0.25, 0.3) is 5.91 Å². The second-order valence-electron chi connectivity index (χ2n) is 10.4. The number of carbonyl (C=O) groups excluding carboxylic acids is 2. The summed E-state index contributed by atoms with van der Waals surface area (Å²) >= 11 is 0. The monoisotopic (exact) mass is 523 g/mol. The molecule has 3 amide bonds. The van der Waals surface area contributed by atoms with Crippen LogP contribution in [0.2, 0.25) is 0 Å². The first kappa shape index (κ1) is 24.4. The number of benzene rings is 3. The van der Waals surface area contributed by atoms with Crippen LogP contribution in [0.4, 0.5) is 20.6 Å². The number of fused-ring (bicyclic) bond motifs is 2. The molecular weight excluding hydrogens is 497 g/mol. The van der Waals surface area contributed by atoms with Crippen molar-refractivity contribution in [2.45, 2.75) is 32.9 Å². The van der Waals surface area contributed by atoms with Gasteiger partial charge in [0.1, 0.15) is 11.5 Å². The van der Waals surface area contributed by atoms with Crippen LogP contribution in [-0.2, 0) is 12.1 Å². The van der Waals surface area contributed by atoms with E-state index in [9.17, 15) is 9.59 Å². The maximum absolute atomic E-state index is 15.1. The second kappa shape index (κ2) is 9.09. The number of nitrogens with zero attached hydrogens (tertiary/aromatic N) is 3. The van der Waals surface area contributed by atoms with E-state index < -0.39 is 11.8 Å². The Kier molecular flexibility index (Phi) is 5.67. The molecule has 0 saturated heterocycles. The Morgan fingerprint density at radius 2 is 1.77 bits per heavy atom. The number of anilines is 2. The fraction of sp³-hybridized carbons (Fsp3) is 0.172. The molecule has 0 unspecified atom stereocenters. The summed E-state index contributed by atoms with van der Waals surface area (Å²) < 4.78 is 16.9. The van der Waals surface area contributed by atoms with Crippen LogP contribution in [0.3, 0.4) is 0 Å². The number of carbonyl (C=O) groups is 2. The molecular formula is C29H26FN7O2. The van der Waals surface area contributed by atoms with Crippen molar-refractivity contribution in [1.82, 2.24) is 25.1 Å². The number of rotatable bonds is 4. The van der Waals surface area contributed by atoms with Crippen molar-refractivity contribution in [3.8, 4) is 22.4 Å². The Balaban J connectivity index is 1.26. The van der Waals surface area contributed by atoms with E-state index in [0.717, 1.165) is 27.7 Å². The van der Waals surface area contributed by atoms with E-state index in [1.807, 2.05) is 45.0 Å². The van der Waals surface area contributed by atoms with E-state index in [0.29, 0.717) is 29.1 Å². The van der Waals surface area contributed by atoms with E-state index in [2.05, 4.69) is 25.9 Å². The molecule has 3 heterocycles. The van der Waals surface area contributed by atoms with Crippen LogP contribution in [0.15, 0.2) is 67.1 Å². The second-order valence-corrected chi connectivity index (χ2v) is 10.4. The summed E-state index contributed by atoms with van der Waals surface area (Å²) in [5.74, 6) is -0.729. The molecule has 2 aromatic heterocycles. The summed E-state index contributed by atoms with van der Waals surface area (Å²) in [4.78, 5) is 32.4. The van der Waals surface area contributed by atoms with Gasteiger partial charge >= 0.3 is 6.03 Å². The smallest absolute Gasteiger partial charge is 0.323 e. The number of aromatic nitrogens is 4. The highest BCUT2D eigenvalue weighted by molar-refractivity contribution is 6.03. The number of hydrogen-bond acceptors (Lipinski definition) is 4. The summed E-state index contributed by atoms with van der Waals surface area (Å²) in [6.45, 7) is 6.42. The minimum Gasteiger partial charge on any atom is -0.348 e. The molecule has 4 N–H and O–H groups in total. The number of imidazole rings is 1. The molecule has 3 aromatic carbocycles. The summed E-state index contributed by atoms with van der Waals surface area (Å²) in [7, 11) is 0. The van der Waals surface area contributed by atoms with Gasteiger partial charge in [-0.1, -0.05) is 24.3 Å². The molecule has 1 aliphatic heterocycles. The van der Waals surface area contributed by atoms with Gasteiger partial charge in [0.2, 0.25) is 0 Å². The zero-order valence-corrected chi connectivity index (χ0v) is 21.6. The Morgan fingerprint density at radius 1 is 1.00 bits per heavy atom. The Hall–Kier alpha value is -4.99. The molecule has 0 spiro atoms. The molecule has 1 aliphatic rings. The number of hydrogen-bond donors (Lipinski definition) is 4. The van der Waals surface area contributed by atoms with Crippen LogP contribution in [0.5, 0.6) is 0 Å². The van der Waals surface area contributed by atoms with Crippen molar-refractivity contribution in [2.75, 3.05) is 10.6 Å². The van der Waals surface area contributed by atoms with E-state index in [1.165, 1.54) is 12.1 Å². The normalized spacial score (nSPS) is 12.9. The van der Waals surface area contributed by atoms with Crippen LogP contribution in [-0.4, -0.2) is 31.7 Å². The van der Waals surface area contributed by atoms with Crippen LogP contribution in [0.25, 0.3) is 33.4 Å². The maximum Gasteiger partial charge on any atom is 0.323 e. The zero-order valence-electron chi connectivity index (χ0n) is 21.6. The molecule has 10 heteroatoms. The minimum absolute atomic E-state index is 0.0285. The maximum atomic E-state index is 15.1. The molecule has 9 nitrogen and oxygen atoms in total. The molecule has 196 valence electrons. The Labute approximate surface area is 223 Å². The highest BCUT2D eigenvalue weighted by Crippen LogP contribution is 2.33. The molecule has 5 aromatic rings. The van der Waals surface area contributed by atoms with Gasteiger partial charge in [-0.3, -0.25) is 9.48 Å². The topological polar surface area (TPSA) is 117 Å². The third kappa shape index (κ3) is 4.50. The first-order valence-electron chi connectivity index (χ1n) is 12.5. The molecule has 0 atom stereocenters. The lowest BCUT2D eigenvalue weighted by Gasteiger charge is -2.18. The first-order chi connectivity index (χ1) is 18.7. The van der Waals surface area contributed by atoms with Crippen molar-refractivity contribution in [3.05, 3.63) is 84.1 Å². The van der Waals surface area contributed by atoms with Crippen LogP contribution in [0.1, 0.15) is 36.7 Å². The fourth-order valence-corrected chi connectivity index (χ4v) is 4.69. The van der Waals surface area contributed by atoms with Gasteiger partial charge in [0, 0.05) is 23.9 Å². The predicted molar refractivity (Wildman–Crippen MR) is 148 cm³/mol. The van der Waals surface area contributed by atoms with Crippen LogP contribution < -0.4 is 16.0 Å². The molecule has 6 rings (SSSR count). The lowest BCUT2D eigenvalue weighted by molar-refractivity contribution is 0.0965. The lowest BCUT2D eigenvalue weighted by atomic mass is 9.96. The summed E-state index contributed by atoms with van der Waals surface area (Å²) in [5.41, 5.74) is 6.01. The van der Waals surface area contributed by atoms with Gasteiger partial charge in [0.15, 0.2) is 0 Å². The number of halogens is 1. The number of H-pyrrole nitrogens is 1. The van der Waals surface area contributed by atoms with E-state index >= 15 is 4.39 Å². The summed E-state index contributed by atoms with van der Waals surface area (Å²) in [6, 6.07) is 15.1.